The van der Waals surface area contributed by atoms with Crippen molar-refractivity contribution >= 4 is 27.3 Å². The van der Waals surface area contributed by atoms with Crippen molar-refractivity contribution in [3.05, 3.63) is 31.8 Å². The molecule has 0 fully saturated rings. The van der Waals surface area contributed by atoms with E-state index in [1.165, 1.54) is 18.3 Å². The third-order valence-electron chi connectivity index (χ3n) is 1.93. The summed E-state index contributed by atoms with van der Waals surface area (Å²) in [6.07, 6.45) is 0. The van der Waals surface area contributed by atoms with E-state index < -0.39 is 0 Å². The lowest BCUT2D eigenvalue weighted by Crippen LogP contribution is -2.11. The van der Waals surface area contributed by atoms with E-state index in [0.29, 0.717) is 5.82 Å². The van der Waals surface area contributed by atoms with Gasteiger partial charge in [0.2, 0.25) is 5.88 Å². The number of rotatable bonds is 1. The maximum atomic E-state index is 11.4. The van der Waals surface area contributed by atoms with Crippen LogP contribution in [-0.2, 0) is 0 Å². The van der Waals surface area contributed by atoms with Crippen LogP contribution in [-0.4, -0.2) is 15.1 Å². The quantitative estimate of drug-likeness (QED) is 0.845. The minimum Gasteiger partial charge on any atom is -0.493 e. The molecule has 0 aliphatic carbocycles. The predicted molar refractivity (Wildman–Crippen MR) is 62.3 cm³/mol. The van der Waals surface area contributed by atoms with Crippen LogP contribution in [0, 0.1) is 6.92 Å². The third-order valence-corrected chi connectivity index (χ3v) is 3.62. The van der Waals surface area contributed by atoms with Crippen molar-refractivity contribution in [3.8, 4) is 16.6 Å². The Morgan fingerprint density at radius 1 is 1.60 bits per heavy atom. The molecule has 0 bridgehead atoms. The van der Waals surface area contributed by atoms with Gasteiger partial charge in [-0.15, -0.1) is 11.3 Å². The third kappa shape index (κ3) is 1.95. The number of H-pyrrole nitrogens is 1. The lowest BCUT2D eigenvalue weighted by molar-refractivity contribution is 0.447. The first-order valence-corrected chi connectivity index (χ1v) is 5.79. The fourth-order valence-corrected chi connectivity index (χ4v) is 2.45. The number of nitrogens with one attached hydrogen (secondary N) is 1. The van der Waals surface area contributed by atoms with Gasteiger partial charge in [0.15, 0.2) is 5.82 Å². The maximum Gasteiger partial charge on any atom is 0.257 e. The molecule has 2 aromatic rings. The van der Waals surface area contributed by atoms with E-state index in [1.807, 2.05) is 11.4 Å². The summed E-state index contributed by atoms with van der Waals surface area (Å²) in [4.78, 5) is 18.7. The average Bonchev–Trinajstić information content (AvgIpc) is 2.60. The maximum absolute atomic E-state index is 11.4. The van der Waals surface area contributed by atoms with Gasteiger partial charge in [0.25, 0.3) is 5.56 Å². The number of hydrogen-bond donors (Lipinski definition) is 2. The van der Waals surface area contributed by atoms with Gasteiger partial charge in [0.1, 0.15) is 0 Å². The van der Waals surface area contributed by atoms with Crippen LogP contribution < -0.4 is 5.56 Å². The van der Waals surface area contributed by atoms with Gasteiger partial charge in [-0.1, -0.05) is 0 Å². The normalized spacial score (nSPS) is 10.5. The number of hydrogen-bond acceptors (Lipinski definition) is 4. The van der Waals surface area contributed by atoms with Crippen molar-refractivity contribution in [2.45, 2.75) is 6.92 Å². The fourth-order valence-electron chi connectivity index (χ4n) is 1.07. The standard InChI is InChI=1S/C9H7BrN2O2S/c1-4-8(13)11-7(12-9(4)14)6-2-5(10)3-15-6/h2-3H,1H3,(H2,11,12,13,14). The van der Waals surface area contributed by atoms with Gasteiger partial charge in [-0.05, 0) is 28.9 Å². The zero-order chi connectivity index (χ0) is 11.0. The lowest BCUT2D eigenvalue weighted by atomic mass is 10.3. The van der Waals surface area contributed by atoms with Crippen LogP contribution >= 0.6 is 27.3 Å². The molecule has 15 heavy (non-hydrogen) atoms. The van der Waals surface area contributed by atoms with E-state index in [2.05, 4.69) is 25.9 Å². The van der Waals surface area contributed by atoms with Crippen molar-refractivity contribution < 1.29 is 5.11 Å². The Morgan fingerprint density at radius 3 is 2.87 bits per heavy atom. The van der Waals surface area contributed by atoms with Gasteiger partial charge >= 0.3 is 0 Å². The highest BCUT2D eigenvalue weighted by Crippen LogP contribution is 2.27. The van der Waals surface area contributed by atoms with Crippen LogP contribution in [0.3, 0.4) is 0 Å². The molecule has 0 saturated carbocycles. The van der Waals surface area contributed by atoms with E-state index >= 15 is 0 Å². The minimum atomic E-state index is -0.318. The van der Waals surface area contributed by atoms with Gasteiger partial charge in [0.05, 0.1) is 10.4 Å². The average molecular weight is 287 g/mol. The Hall–Kier alpha value is -1.14. The Morgan fingerprint density at radius 2 is 2.33 bits per heavy atom. The van der Waals surface area contributed by atoms with Crippen LogP contribution in [0.4, 0.5) is 0 Å². The molecule has 0 saturated heterocycles. The molecule has 0 radical (unpaired) electrons. The van der Waals surface area contributed by atoms with Crippen LogP contribution in [0.1, 0.15) is 5.56 Å². The molecule has 0 spiro atoms. The summed E-state index contributed by atoms with van der Waals surface area (Å²) in [7, 11) is 0. The molecule has 0 unspecified atom stereocenters. The largest absolute Gasteiger partial charge is 0.493 e. The molecule has 0 atom stereocenters. The number of aromatic amines is 1. The van der Waals surface area contributed by atoms with E-state index in [9.17, 15) is 9.90 Å². The minimum absolute atomic E-state index is 0.224. The number of aromatic hydroxyl groups is 1. The number of aromatic nitrogens is 2. The van der Waals surface area contributed by atoms with Crippen molar-refractivity contribution in [2.24, 2.45) is 0 Å². The van der Waals surface area contributed by atoms with Gasteiger partial charge < -0.3 is 10.1 Å². The molecule has 78 valence electrons. The highest BCUT2D eigenvalue weighted by Gasteiger charge is 2.09. The van der Waals surface area contributed by atoms with Crippen molar-refractivity contribution in [3.63, 3.8) is 0 Å². The highest BCUT2D eigenvalue weighted by atomic mass is 79.9. The summed E-state index contributed by atoms with van der Waals surface area (Å²) in [6.45, 7) is 1.52. The second kappa shape index (κ2) is 3.79. The van der Waals surface area contributed by atoms with E-state index in [4.69, 9.17) is 0 Å². The Kier molecular flexibility index (Phi) is 2.62. The predicted octanol–water partition coefficient (Wildman–Crippen LogP) is 2.27. The molecule has 2 heterocycles. The number of nitrogens with zero attached hydrogens (tertiary/aromatic N) is 1. The first-order chi connectivity index (χ1) is 7.08. The van der Waals surface area contributed by atoms with Crippen LogP contribution in [0.15, 0.2) is 20.7 Å². The molecule has 2 aromatic heterocycles. The van der Waals surface area contributed by atoms with Gasteiger partial charge in [-0.3, -0.25) is 4.79 Å². The van der Waals surface area contributed by atoms with E-state index in [0.717, 1.165) is 9.35 Å². The zero-order valence-electron chi connectivity index (χ0n) is 7.74. The molecule has 2 rings (SSSR count). The van der Waals surface area contributed by atoms with Gasteiger partial charge in [0, 0.05) is 9.85 Å². The summed E-state index contributed by atoms with van der Waals surface area (Å²) < 4.78 is 0.921. The zero-order valence-corrected chi connectivity index (χ0v) is 10.1. The monoisotopic (exact) mass is 286 g/mol. The molecule has 0 amide bonds. The molecule has 2 N–H and O–H groups in total. The summed E-state index contributed by atoms with van der Waals surface area (Å²) in [5.74, 6) is 0.164. The van der Waals surface area contributed by atoms with Crippen molar-refractivity contribution in [1.82, 2.24) is 9.97 Å². The second-order valence-corrected chi connectivity index (χ2v) is 4.82. The second-order valence-electron chi connectivity index (χ2n) is 2.99. The Labute approximate surface area is 97.8 Å². The summed E-state index contributed by atoms with van der Waals surface area (Å²) >= 11 is 4.74. The Bertz CT molecular complexity index is 561. The van der Waals surface area contributed by atoms with Crippen LogP contribution in [0.5, 0.6) is 5.88 Å². The first kappa shape index (κ1) is 10.4. The number of thiophene rings is 1. The first-order valence-electron chi connectivity index (χ1n) is 4.12. The molecule has 4 nitrogen and oxygen atoms in total. The van der Waals surface area contributed by atoms with Gasteiger partial charge in [-0.25, -0.2) is 0 Å². The number of halogens is 1. The van der Waals surface area contributed by atoms with E-state index in [-0.39, 0.29) is 17.0 Å². The fraction of sp³-hybridized carbons (Fsp3) is 0.111. The molecule has 0 aromatic carbocycles. The summed E-state index contributed by atoms with van der Waals surface area (Å²) in [5, 5.41) is 11.3. The highest BCUT2D eigenvalue weighted by molar-refractivity contribution is 9.10. The van der Waals surface area contributed by atoms with Gasteiger partial charge in [-0.2, -0.15) is 4.98 Å². The SMILES string of the molecule is Cc1c(O)nc(-c2cc(Br)cs2)[nH]c1=O. The van der Waals surface area contributed by atoms with E-state index in [1.54, 1.807) is 0 Å². The van der Waals surface area contributed by atoms with Crippen molar-refractivity contribution in [1.29, 1.82) is 0 Å². The lowest BCUT2D eigenvalue weighted by Gasteiger charge is -1.99. The van der Waals surface area contributed by atoms with Crippen LogP contribution in [0.25, 0.3) is 10.7 Å². The molecule has 6 heteroatoms. The summed E-state index contributed by atoms with van der Waals surface area (Å²) in [6, 6.07) is 1.83. The Balaban J connectivity index is 2.60. The molecule has 0 aliphatic heterocycles. The molecular weight excluding hydrogens is 280 g/mol. The van der Waals surface area contributed by atoms with Crippen LogP contribution in [0.2, 0.25) is 0 Å². The smallest absolute Gasteiger partial charge is 0.257 e. The topological polar surface area (TPSA) is 66.0 Å². The summed E-state index contributed by atoms with van der Waals surface area (Å²) in [5.41, 5.74) is -0.0867. The molecular formula is C9H7BrN2O2S. The van der Waals surface area contributed by atoms with Crippen molar-refractivity contribution in [2.75, 3.05) is 0 Å². The molecule has 0 aliphatic rings.